The number of hydrogen-bond donors (Lipinski definition) is 0. The van der Waals surface area contributed by atoms with Crippen LogP contribution in [0.3, 0.4) is 0 Å². The Bertz CT molecular complexity index is 1290. The van der Waals surface area contributed by atoms with Gasteiger partial charge in [-0.3, -0.25) is 19.7 Å². The smallest absolute Gasteiger partial charge is 0.290 e. The Hall–Kier alpha value is -3.52. The highest BCUT2D eigenvalue weighted by molar-refractivity contribution is 5.99. The van der Waals surface area contributed by atoms with Crippen LogP contribution >= 0.6 is 0 Å². The number of benzene rings is 2. The van der Waals surface area contributed by atoms with Crippen LogP contribution in [0.4, 0.5) is 5.69 Å². The molecule has 0 spiro atoms. The van der Waals surface area contributed by atoms with Gasteiger partial charge in [0.2, 0.25) is 5.76 Å². The maximum absolute atomic E-state index is 13.6. The van der Waals surface area contributed by atoms with Gasteiger partial charge in [-0.15, -0.1) is 0 Å². The van der Waals surface area contributed by atoms with Gasteiger partial charge >= 0.3 is 0 Å². The first-order valence-electron chi connectivity index (χ1n) is 10.9. The minimum Gasteiger partial charge on any atom is -0.450 e. The van der Waals surface area contributed by atoms with Crippen LogP contribution in [0, 0.1) is 24.0 Å². The summed E-state index contributed by atoms with van der Waals surface area (Å²) in [5.41, 5.74) is 2.87. The molecule has 1 aliphatic rings. The molecule has 0 saturated carbocycles. The van der Waals surface area contributed by atoms with Gasteiger partial charge in [0.1, 0.15) is 5.58 Å². The summed E-state index contributed by atoms with van der Waals surface area (Å²) in [5, 5.41) is 11.5. The SMILES string of the molecule is Cc1cc2oc3c(c(=O)c2cc1C)C(c1ccc([N+](=O)[O-])cc1)N(CCCOC(C)C)C3=O. The van der Waals surface area contributed by atoms with Crippen molar-refractivity contribution < 1.29 is 18.9 Å². The fourth-order valence-electron chi connectivity index (χ4n) is 4.18. The molecule has 0 aliphatic carbocycles. The molecule has 2 heterocycles. The Morgan fingerprint density at radius 3 is 2.42 bits per heavy atom. The van der Waals surface area contributed by atoms with E-state index in [1.165, 1.54) is 12.1 Å². The van der Waals surface area contributed by atoms with Gasteiger partial charge in [0.15, 0.2) is 5.43 Å². The second-order valence-electron chi connectivity index (χ2n) is 8.63. The maximum atomic E-state index is 13.6. The number of hydrogen-bond acceptors (Lipinski definition) is 6. The van der Waals surface area contributed by atoms with E-state index in [0.29, 0.717) is 36.1 Å². The van der Waals surface area contributed by atoms with E-state index in [9.17, 15) is 19.7 Å². The Kier molecular flexibility index (Phi) is 6.03. The monoisotopic (exact) mass is 450 g/mol. The number of nitro benzene ring substituents is 1. The molecule has 1 aliphatic heterocycles. The second-order valence-corrected chi connectivity index (χ2v) is 8.63. The average molecular weight is 450 g/mol. The summed E-state index contributed by atoms with van der Waals surface area (Å²) in [7, 11) is 0. The first-order chi connectivity index (χ1) is 15.7. The zero-order valence-electron chi connectivity index (χ0n) is 19.1. The fourth-order valence-corrected chi connectivity index (χ4v) is 4.18. The van der Waals surface area contributed by atoms with Crippen LogP contribution in [0.2, 0.25) is 0 Å². The van der Waals surface area contributed by atoms with E-state index in [-0.39, 0.29) is 34.5 Å². The van der Waals surface area contributed by atoms with Crippen molar-refractivity contribution in [2.24, 2.45) is 0 Å². The zero-order chi connectivity index (χ0) is 23.9. The summed E-state index contributed by atoms with van der Waals surface area (Å²) >= 11 is 0. The lowest BCUT2D eigenvalue weighted by molar-refractivity contribution is -0.384. The third-order valence-corrected chi connectivity index (χ3v) is 6.00. The lowest BCUT2D eigenvalue weighted by Crippen LogP contribution is -2.31. The molecule has 0 fully saturated rings. The molecule has 1 atom stereocenters. The summed E-state index contributed by atoms with van der Waals surface area (Å²) in [6, 6.07) is 8.82. The van der Waals surface area contributed by atoms with Crippen molar-refractivity contribution in [2.75, 3.05) is 13.2 Å². The van der Waals surface area contributed by atoms with Gasteiger partial charge < -0.3 is 14.1 Å². The number of rotatable bonds is 7. The predicted octanol–water partition coefficient (Wildman–Crippen LogP) is 4.68. The van der Waals surface area contributed by atoms with Crippen molar-refractivity contribution in [3.63, 3.8) is 0 Å². The first kappa shape index (κ1) is 22.7. The molecule has 172 valence electrons. The maximum Gasteiger partial charge on any atom is 0.290 e. The number of carbonyl (C=O) groups is 1. The molecule has 8 nitrogen and oxygen atoms in total. The minimum absolute atomic E-state index is 0.0314. The van der Waals surface area contributed by atoms with Crippen LogP contribution in [0.25, 0.3) is 11.0 Å². The number of nitro groups is 1. The molecule has 3 aromatic rings. The van der Waals surface area contributed by atoms with Crippen LogP contribution in [0.5, 0.6) is 0 Å². The molecule has 1 aromatic heterocycles. The summed E-state index contributed by atoms with van der Waals surface area (Å²) in [5.74, 6) is -0.334. The van der Waals surface area contributed by atoms with Gasteiger partial charge in [-0.25, -0.2) is 0 Å². The van der Waals surface area contributed by atoms with Crippen molar-refractivity contribution >= 4 is 22.6 Å². The van der Waals surface area contributed by atoms with E-state index < -0.39 is 11.0 Å². The normalized spacial score (nSPS) is 15.5. The quantitative estimate of drug-likeness (QED) is 0.294. The first-order valence-corrected chi connectivity index (χ1v) is 10.9. The Balaban J connectivity index is 1.83. The summed E-state index contributed by atoms with van der Waals surface area (Å²) in [4.78, 5) is 39.2. The van der Waals surface area contributed by atoms with Crippen molar-refractivity contribution in [3.05, 3.63) is 84.7 Å². The molecule has 0 N–H and O–H groups in total. The van der Waals surface area contributed by atoms with Crippen LogP contribution < -0.4 is 5.43 Å². The zero-order valence-corrected chi connectivity index (χ0v) is 19.1. The molecular formula is C25H26N2O6. The minimum atomic E-state index is -0.686. The average Bonchev–Trinajstić information content (AvgIpc) is 3.04. The Morgan fingerprint density at radius 2 is 1.79 bits per heavy atom. The molecular weight excluding hydrogens is 424 g/mol. The van der Waals surface area contributed by atoms with Crippen LogP contribution in [-0.4, -0.2) is 35.0 Å². The molecule has 2 aromatic carbocycles. The summed E-state index contributed by atoms with van der Waals surface area (Å²) in [6.45, 7) is 8.53. The number of non-ortho nitro benzene ring substituents is 1. The van der Waals surface area contributed by atoms with Crippen molar-refractivity contribution in [1.29, 1.82) is 0 Å². The van der Waals surface area contributed by atoms with E-state index in [1.807, 2.05) is 27.7 Å². The van der Waals surface area contributed by atoms with Crippen molar-refractivity contribution in [2.45, 2.75) is 46.3 Å². The Labute approximate surface area is 190 Å². The third-order valence-electron chi connectivity index (χ3n) is 6.00. The predicted molar refractivity (Wildman–Crippen MR) is 124 cm³/mol. The Morgan fingerprint density at radius 1 is 1.12 bits per heavy atom. The lowest BCUT2D eigenvalue weighted by Gasteiger charge is -2.25. The second kappa shape index (κ2) is 8.78. The van der Waals surface area contributed by atoms with E-state index >= 15 is 0 Å². The molecule has 0 radical (unpaired) electrons. The summed E-state index contributed by atoms with van der Waals surface area (Å²) < 4.78 is 11.6. The van der Waals surface area contributed by atoms with Gasteiger partial charge in [0.25, 0.3) is 11.6 Å². The highest BCUT2D eigenvalue weighted by Gasteiger charge is 2.42. The number of nitrogens with zero attached hydrogens (tertiary/aromatic N) is 2. The van der Waals surface area contributed by atoms with E-state index in [0.717, 1.165) is 11.1 Å². The van der Waals surface area contributed by atoms with E-state index in [4.69, 9.17) is 9.15 Å². The molecule has 0 saturated heterocycles. The van der Waals surface area contributed by atoms with Crippen LogP contribution in [0.1, 0.15) is 59.1 Å². The van der Waals surface area contributed by atoms with Gasteiger partial charge in [-0.05, 0) is 75.1 Å². The number of carbonyl (C=O) groups excluding carboxylic acids is 1. The third kappa shape index (κ3) is 4.14. The van der Waals surface area contributed by atoms with E-state index in [1.54, 1.807) is 29.2 Å². The topological polar surface area (TPSA) is 103 Å². The highest BCUT2D eigenvalue weighted by atomic mass is 16.6. The largest absolute Gasteiger partial charge is 0.450 e. The van der Waals surface area contributed by atoms with Gasteiger partial charge in [0, 0.05) is 25.3 Å². The molecule has 4 rings (SSSR count). The lowest BCUT2D eigenvalue weighted by atomic mass is 9.97. The molecule has 33 heavy (non-hydrogen) atoms. The number of amides is 1. The van der Waals surface area contributed by atoms with Crippen molar-refractivity contribution in [1.82, 2.24) is 4.90 Å². The standard InChI is InChI=1S/C25H26N2O6/c1-14(2)32-11-5-10-26-22(17-6-8-18(9-7-17)27(30)31)21-23(28)19-12-15(3)16(4)13-20(19)33-24(21)25(26)29/h6-9,12-14,22H,5,10-11H2,1-4H3. The number of ether oxygens (including phenoxy) is 1. The van der Waals surface area contributed by atoms with Crippen molar-refractivity contribution in [3.8, 4) is 0 Å². The molecule has 0 bridgehead atoms. The number of aryl methyl sites for hydroxylation is 2. The molecule has 8 heteroatoms. The van der Waals surface area contributed by atoms with Gasteiger partial charge in [0.05, 0.1) is 28.0 Å². The summed E-state index contributed by atoms with van der Waals surface area (Å²) in [6.07, 6.45) is 0.648. The van der Waals surface area contributed by atoms with Gasteiger partial charge in [-0.1, -0.05) is 0 Å². The number of fused-ring (bicyclic) bond motifs is 2. The highest BCUT2D eigenvalue weighted by Crippen LogP contribution is 2.39. The van der Waals surface area contributed by atoms with Crippen LogP contribution in [0.15, 0.2) is 45.6 Å². The molecule has 1 unspecified atom stereocenters. The van der Waals surface area contributed by atoms with E-state index in [2.05, 4.69) is 0 Å². The van der Waals surface area contributed by atoms with Crippen LogP contribution in [-0.2, 0) is 4.74 Å². The van der Waals surface area contributed by atoms with Gasteiger partial charge in [-0.2, -0.15) is 0 Å². The fraction of sp³-hybridized carbons (Fsp3) is 0.360. The molecule has 1 amide bonds.